The Kier molecular flexibility index (Phi) is 8.73. The molecule has 15 heteroatoms. The summed E-state index contributed by atoms with van der Waals surface area (Å²) in [4.78, 5) is 25.2. The monoisotopic (exact) mass is 599 g/mol. The maximum atomic E-state index is 13.9. The first kappa shape index (κ1) is 29.8. The van der Waals surface area contributed by atoms with Gasteiger partial charge in [-0.25, -0.2) is 18.1 Å². The van der Waals surface area contributed by atoms with Gasteiger partial charge in [0.05, 0.1) is 29.4 Å². The van der Waals surface area contributed by atoms with Gasteiger partial charge in [0.25, 0.3) is 5.56 Å². The summed E-state index contributed by atoms with van der Waals surface area (Å²) in [5.74, 6) is 1.09. The van der Waals surface area contributed by atoms with Gasteiger partial charge in [-0.15, -0.1) is 0 Å². The molecule has 1 aromatic carbocycles. The molecule has 4 heterocycles. The van der Waals surface area contributed by atoms with E-state index in [1.807, 2.05) is 18.7 Å². The molecule has 4 aromatic rings. The zero-order valence-electron chi connectivity index (χ0n) is 24.4. The Morgan fingerprint density at radius 1 is 1.07 bits per heavy atom. The summed E-state index contributed by atoms with van der Waals surface area (Å²) in [6.07, 6.45) is 3.50. The molecule has 0 radical (unpaired) electrons. The lowest BCUT2D eigenvalue weighted by molar-refractivity contribution is 0.151. The molecule has 0 unspecified atom stereocenters. The van der Waals surface area contributed by atoms with Crippen LogP contribution in [-0.4, -0.2) is 103 Å². The average molecular weight is 600 g/mol. The fraction of sp³-hybridized carbons (Fsp3) is 0.519. The third-order valence-corrected chi connectivity index (χ3v) is 9.27. The minimum atomic E-state index is -3.84. The van der Waals surface area contributed by atoms with Gasteiger partial charge in [-0.05, 0) is 31.0 Å². The number of hydrogen-bond acceptors (Lipinski definition) is 10. The zero-order valence-corrected chi connectivity index (χ0v) is 25.2. The standard InChI is InChI=1S/C27H37N9O5S/c1-5-7-21-23-24(36(31-21)27-28-18-29-33(27)4)26(38)32(3)25(30-23)20-17-19(8-9-22(20)41-16-6-2)42(39,40)35-12-10-34(11-13-35)14-15-37/h8-9,17-18,37H,5-7,10-16H2,1-4H3. The van der Waals surface area contributed by atoms with Crippen LogP contribution in [0.1, 0.15) is 32.4 Å². The second-order valence-electron chi connectivity index (χ2n) is 10.3. The van der Waals surface area contributed by atoms with Crippen LogP contribution < -0.4 is 10.3 Å². The fourth-order valence-electron chi connectivity index (χ4n) is 5.14. The Labute approximate surface area is 244 Å². The van der Waals surface area contributed by atoms with Crippen molar-refractivity contribution in [2.75, 3.05) is 45.9 Å². The molecule has 3 aromatic heterocycles. The SMILES string of the molecule is CCCOc1ccc(S(=O)(=O)N2CCN(CCO)CC2)cc1-c1nc2c(CCC)nn(-c3ncnn3C)c2c(=O)n1C. The lowest BCUT2D eigenvalue weighted by atomic mass is 10.1. The largest absolute Gasteiger partial charge is 0.493 e. The predicted molar refractivity (Wildman–Crippen MR) is 156 cm³/mol. The molecule has 0 amide bonds. The van der Waals surface area contributed by atoms with Crippen molar-refractivity contribution >= 4 is 21.1 Å². The van der Waals surface area contributed by atoms with Crippen molar-refractivity contribution in [3.8, 4) is 23.1 Å². The lowest BCUT2D eigenvalue weighted by Gasteiger charge is -2.33. The minimum absolute atomic E-state index is 0.0306. The van der Waals surface area contributed by atoms with Crippen molar-refractivity contribution in [3.63, 3.8) is 0 Å². The van der Waals surface area contributed by atoms with Crippen molar-refractivity contribution in [1.29, 1.82) is 0 Å². The summed E-state index contributed by atoms with van der Waals surface area (Å²) < 4.78 is 39.3. The van der Waals surface area contributed by atoms with Crippen LogP contribution in [-0.2, 0) is 30.5 Å². The summed E-state index contributed by atoms with van der Waals surface area (Å²) in [7, 11) is -0.522. The molecule has 0 spiro atoms. The van der Waals surface area contributed by atoms with E-state index in [9.17, 15) is 18.3 Å². The summed E-state index contributed by atoms with van der Waals surface area (Å²) in [6.45, 7) is 6.65. The first-order chi connectivity index (χ1) is 20.2. The van der Waals surface area contributed by atoms with Crippen LogP contribution in [0.2, 0.25) is 0 Å². The van der Waals surface area contributed by atoms with Crippen LogP contribution in [0.15, 0.2) is 34.2 Å². The molecule has 14 nitrogen and oxygen atoms in total. The smallest absolute Gasteiger partial charge is 0.280 e. The quantitative estimate of drug-likeness (QED) is 0.264. The van der Waals surface area contributed by atoms with Crippen LogP contribution in [0, 0.1) is 0 Å². The van der Waals surface area contributed by atoms with E-state index in [2.05, 4.69) is 10.1 Å². The summed E-state index contributed by atoms with van der Waals surface area (Å²) in [5, 5.41) is 18.1. The summed E-state index contributed by atoms with van der Waals surface area (Å²) >= 11 is 0. The van der Waals surface area contributed by atoms with Gasteiger partial charge in [-0.1, -0.05) is 20.3 Å². The molecule has 0 atom stereocenters. The molecule has 42 heavy (non-hydrogen) atoms. The van der Waals surface area contributed by atoms with Gasteiger partial charge in [-0.2, -0.15) is 24.2 Å². The summed E-state index contributed by atoms with van der Waals surface area (Å²) in [6, 6.07) is 4.71. The Morgan fingerprint density at radius 3 is 2.48 bits per heavy atom. The van der Waals surface area contributed by atoms with Crippen LogP contribution in [0.4, 0.5) is 0 Å². The topological polar surface area (TPSA) is 154 Å². The van der Waals surface area contributed by atoms with Crippen LogP contribution in [0.5, 0.6) is 5.75 Å². The van der Waals surface area contributed by atoms with Gasteiger partial charge in [-0.3, -0.25) is 14.3 Å². The first-order valence-electron chi connectivity index (χ1n) is 14.1. The van der Waals surface area contributed by atoms with Gasteiger partial charge < -0.3 is 9.84 Å². The van der Waals surface area contributed by atoms with Crippen LogP contribution in [0.25, 0.3) is 28.4 Å². The van der Waals surface area contributed by atoms with Gasteiger partial charge in [0, 0.05) is 46.8 Å². The number of piperazine rings is 1. The molecule has 1 aliphatic heterocycles. The van der Waals surface area contributed by atoms with E-state index in [1.165, 1.54) is 30.6 Å². The highest BCUT2D eigenvalue weighted by molar-refractivity contribution is 7.89. The fourth-order valence-corrected chi connectivity index (χ4v) is 6.59. The number of hydrogen-bond donors (Lipinski definition) is 1. The highest BCUT2D eigenvalue weighted by atomic mass is 32.2. The van der Waals surface area contributed by atoms with E-state index in [1.54, 1.807) is 26.2 Å². The van der Waals surface area contributed by atoms with Gasteiger partial charge in [0.2, 0.25) is 16.0 Å². The zero-order chi connectivity index (χ0) is 30.0. The van der Waals surface area contributed by atoms with Crippen molar-refractivity contribution in [2.45, 2.75) is 38.0 Å². The second kappa shape index (κ2) is 12.3. The maximum absolute atomic E-state index is 13.9. The Balaban J connectivity index is 1.66. The number of aryl methyl sites for hydroxylation is 2. The van der Waals surface area contributed by atoms with Gasteiger partial charge >= 0.3 is 0 Å². The lowest BCUT2D eigenvalue weighted by Crippen LogP contribution is -2.49. The molecule has 0 saturated carbocycles. The molecular weight excluding hydrogens is 562 g/mol. The maximum Gasteiger partial charge on any atom is 0.280 e. The number of β-amino-alcohol motifs (C(OH)–C–C–N with tert-alkyl or cyclic N) is 1. The number of benzene rings is 1. The number of aromatic nitrogens is 7. The van der Waals surface area contributed by atoms with E-state index in [0.717, 1.165) is 12.8 Å². The summed E-state index contributed by atoms with van der Waals surface area (Å²) in [5.41, 5.74) is 1.37. The molecule has 1 saturated heterocycles. The van der Waals surface area contributed by atoms with Crippen molar-refractivity contribution in [3.05, 3.63) is 40.6 Å². The van der Waals surface area contributed by atoms with E-state index >= 15 is 0 Å². The second-order valence-corrected chi connectivity index (χ2v) is 12.2. The molecule has 226 valence electrons. The Hall–Kier alpha value is -3.66. The highest BCUT2D eigenvalue weighted by Crippen LogP contribution is 2.33. The van der Waals surface area contributed by atoms with Crippen molar-refractivity contribution in [2.24, 2.45) is 14.1 Å². The first-order valence-corrected chi connectivity index (χ1v) is 15.6. The number of aliphatic hydroxyl groups excluding tert-OH is 1. The number of fused-ring (bicyclic) bond motifs is 1. The van der Waals surface area contributed by atoms with Gasteiger partial charge in [0.1, 0.15) is 23.4 Å². The minimum Gasteiger partial charge on any atom is -0.493 e. The Bertz CT molecular complexity index is 1740. The van der Waals surface area contributed by atoms with Crippen LogP contribution in [0.3, 0.4) is 0 Å². The van der Waals surface area contributed by atoms with E-state index in [0.29, 0.717) is 74.2 Å². The number of sulfonamides is 1. The predicted octanol–water partition coefficient (Wildman–Crippen LogP) is 0.955. The van der Waals surface area contributed by atoms with E-state index < -0.39 is 10.0 Å². The number of ether oxygens (including phenoxy) is 1. The van der Waals surface area contributed by atoms with Gasteiger partial charge in [0.15, 0.2) is 5.52 Å². The number of rotatable bonds is 11. The highest BCUT2D eigenvalue weighted by Gasteiger charge is 2.30. The molecule has 1 N–H and O–H groups in total. The third-order valence-electron chi connectivity index (χ3n) is 7.38. The normalized spacial score (nSPS) is 15.1. The van der Waals surface area contributed by atoms with E-state index in [4.69, 9.17) is 14.8 Å². The van der Waals surface area contributed by atoms with Crippen molar-refractivity contribution < 1.29 is 18.3 Å². The molecule has 0 bridgehead atoms. The molecule has 1 fully saturated rings. The third kappa shape index (κ3) is 5.44. The number of nitrogens with zero attached hydrogens (tertiary/aromatic N) is 9. The van der Waals surface area contributed by atoms with Crippen LogP contribution >= 0.6 is 0 Å². The number of aliphatic hydroxyl groups is 1. The average Bonchev–Trinajstić information content (AvgIpc) is 3.57. The molecular formula is C27H37N9O5S. The Morgan fingerprint density at radius 2 is 1.83 bits per heavy atom. The molecule has 5 rings (SSSR count). The van der Waals surface area contributed by atoms with Crippen molar-refractivity contribution in [1.82, 2.24) is 43.3 Å². The molecule has 1 aliphatic rings. The van der Waals surface area contributed by atoms with E-state index in [-0.39, 0.29) is 28.4 Å². The molecule has 0 aliphatic carbocycles.